The van der Waals surface area contributed by atoms with Gasteiger partial charge in [0.15, 0.2) is 0 Å². The van der Waals surface area contributed by atoms with Crippen LogP contribution in [0.25, 0.3) is 0 Å². The van der Waals surface area contributed by atoms with Crippen LogP contribution in [-0.2, 0) is 4.79 Å². The maximum atomic E-state index is 11.7. The Morgan fingerprint density at radius 2 is 2.06 bits per heavy atom. The molecule has 1 atom stereocenters. The van der Waals surface area contributed by atoms with Gasteiger partial charge in [-0.25, -0.2) is 0 Å². The van der Waals surface area contributed by atoms with E-state index in [1.807, 2.05) is 11.8 Å². The lowest BCUT2D eigenvalue weighted by Gasteiger charge is -2.21. The minimum absolute atomic E-state index is 0.259. The molecule has 0 aromatic carbocycles. The molecule has 2 aliphatic heterocycles. The van der Waals surface area contributed by atoms with Gasteiger partial charge in [-0.05, 0) is 62.1 Å². The normalized spacial score (nSPS) is 26.0. The maximum Gasteiger partial charge on any atom is 0.220 e. The number of carbonyl (C=O) groups excluding carboxylic acids is 1. The van der Waals surface area contributed by atoms with Gasteiger partial charge in [-0.3, -0.25) is 4.79 Å². The molecule has 0 spiro atoms. The Morgan fingerprint density at radius 1 is 1.24 bits per heavy atom. The second-order valence-corrected chi connectivity index (χ2v) is 6.48. The van der Waals surface area contributed by atoms with Gasteiger partial charge in [-0.15, -0.1) is 0 Å². The lowest BCUT2D eigenvalue weighted by atomic mass is 10.0. The topological polar surface area (TPSA) is 41.1 Å². The summed E-state index contributed by atoms with van der Waals surface area (Å²) in [5, 5.41) is 6.45. The van der Waals surface area contributed by atoms with Gasteiger partial charge in [-0.2, -0.15) is 11.8 Å². The number of thioether (sulfide) groups is 1. The van der Waals surface area contributed by atoms with Crippen LogP contribution in [-0.4, -0.2) is 37.0 Å². The van der Waals surface area contributed by atoms with Gasteiger partial charge >= 0.3 is 0 Å². The van der Waals surface area contributed by atoms with Gasteiger partial charge in [0.1, 0.15) is 0 Å². The highest BCUT2D eigenvalue weighted by Crippen LogP contribution is 2.22. The van der Waals surface area contributed by atoms with E-state index in [0.29, 0.717) is 6.42 Å². The summed E-state index contributed by atoms with van der Waals surface area (Å²) in [6.45, 7) is 3.14. The molecule has 0 saturated carbocycles. The fourth-order valence-electron chi connectivity index (χ4n) is 2.59. The Hall–Kier alpha value is -0.220. The molecule has 4 heteroatoms. The Balaban J connectivity index is 1.53. The third-order valence-corrected chi connectivity index (χ3v) is 4.92. The van der Waals surface area contributed by atoms with Crippen molar-refractivity contribution < 1.29 is 4.79 Å². The van der Waals surface area contributed by atoms with Crippen molar-refractivity contribution in [1.82, 2.24) is 10.6 Å². The summed E-state index contributed by atoms with van der Waals surface area (Å²) in [6, 6.07) is 0. The van der Waals surface area contributed by atoms with Crippen LogP contribution >= 0.6 is 11.8 Å². The molecule has 1 amide bonds. The van der Waals surface area contributed by atoms with Gasteiger partial charge in [0.05, 0.1) is 0 Å². The standard InChI is InChI=1S/C13H24N2OS/c16-13(2-1-11-3-6-14-9-11)15-10-12-4-7-17-8-5-12/h11-12,14H,1-10H2,(H,15,16). The third kappa shape index (κ3) is 4.88. The quantitative estimate of drug-likeness (QED) is 0.785. The van der Waals surface area contributed by atoms with Crippen LogP contribution in [0.3, 0.4) is 0 Å². The second kappa shape index (κ2) is 7.27. The smallest absolute Gasteiger partial charge is 0.220 e. The first-order chi connectivity index (χ1) is 8.34. The van der Waals surface area contributed by atoms with Crippen molar-refractivity contribution in [2.45, 2.75) is 32.1 Å². The van der Waals surface area contributed by atoms with E-state index in [9.17, 15) is 4.79 Å². The van der Waals surface area contributed by atoms with Gasteiger partial charge in [0.25, 0.3) is 0 Å². The lowest BCUT2D eigenvalue weighted by Crippen LogP contribution is -2.31. The Morgan fingerprint density at radius 3 is 2.76 bits per heavy atom. The summed E-state index contributed by atoms with van der Waals surface area (Å²) in [5.41, 5.74) is 0. The summed E-state index contributed by atoms with van der Waals surface area (Å²) in [4.78, 5) is 11.7. The van der Waals surface area contributed by atoms with Gasteiger partial charge in [-0.1, -0.05) is 0 Å². The minimum atomic E-state index is 0.259. The van der Waals surface area contributed by atoms with E-state index in [2.05, 4.69) is 10.6 Å². The van der Waals surface area contributed by atoms with Crippen LogP contribution < -0.4 is 10.6 Å². The van der Waals surface area contributed by atoms with E-state index in [1.54, 1.807) is 0 Å². The first-order valence-corrected chi connectivity index (χ1v) is 8.05. The largest absolute Gasteiger partial charge is 0.356 e. The molecular formula is C13H24N2OS. The van der Waals surface area contributed by atoms with E-state index < -0.39 is 0 Å². The molecule has 0 aromatic heterocycles. The summed E-state index contributed by atoms with van der Waals surface area (Å²) in [6.07, 6.45) is 5.56. The summed E-state index contributed by atoms with van der Waals surface area (Å²) in [5.74, 6) is 4.26. The van der Waals surface area contributed by atoms with E-state index in [0.717, 1.165) is 37.9 Å². The predicted octanol–water partition coefficient (Wildman–Crippen LogP) is 1.64. The van der Waals surface area contributed by atoms with Crippen LogP contribution in [0.5, 0.6) is 0 Å². The fourth-order valence-corrected chi connectivity index (χ4v) is 3.80. The van der Waals surface area contributed by atoms with Crippen LogP contribution in [0.15, 0.2) is 0 Å². The van der Waals surface area contributed by atoms with Gasteiger partial charge in [0.2, 0.25) is 5.91 Å². The van der Waals surface area contributed by atoms with E-state index >= 15 is 0 Å². The average Bonchev–Trinajstić information content (AvgIpc) is 2.88. The zero-order valence-electron chi connectivity index (χ0n) is 10.5. The van der Waals surface area contributed by atoms with Crippen molar-refractivity contribution in [3.63, 3.8) is 0 Å². The molecule has 98 valence electrons. The van der Waals surface area contributed by atoms with E-state index in [-0.39, 0.29) is 5.91 Å². The van der Waals surface area contributed by atoms with Crippen LogP contribution in [0.2, 0.25) is 0 Å². The molecule has 2 heterocycles. The number of carbonyl (C=O) groups is 1. The molecule has 3 nitrogen and oxygen atoms in total. The first kappa shape index (κ1) is 13.2. The molecular weight excluding hydrogens is 232 g/mol. The Bertz CT molecular complexity index is 236. The summed E-state index contributed by atoms with van der Waals surface area (Å²) < 4.78 is 0. The highest BCUT2D eigenvalue weighted by molar-refractivity contribution is 7.99. The molecule has 1 unspecified atom stereocenters. The zero-order valence-corrected chi connectivity index (χ0v) is 11.4. The average molecular weight is 256 g/mol. The molecule has 17 heavy (non-hydrogen) atoms. The fraction of sp³-hybridized carbons (Fsp3) is 0.923. The SMILES string of the molecule is O=C(CCC1CCNC1)NCC1CCSCC1. The van der Waals surface area contributed by atoms with Crippen molar-refractivity contribution in [2.24, 2.45) is 11.8 Å². The van der Waals surface area contributed by atoms with Crippen molar-refractivity contribution >= 4 is 17.7 Å². The van der Waals surface area contributed by atoms with Crippen molar-refractivity contribution in [2.75, 3.05) is 31.1 Å². The highest BCUT2D eigenvalue weighted by Gasteiger charge is 2.17. The highest BCUT2D eigenvalue weighted by atomic mass is 32.2. The van der Waals surface area contributed by atoms with Gasteiger partial charge < -0.3 is 10.6 Å². The Kier molecular flexibility index (Phi) is 5.65. The number of nitrogens with one attached hydrogen (secondary N) is 2. The lowest BCUT2D eigenvalue weighted by molar-refractivity contribution is -0.121. The van der Waals surface area contributed by atoms with E-state index in [4.69, 9.17) is 0 Å². The molecule has 2 fully saturated rings. The number of hydrogen-bond donors (Lipinski definition) is 2. The monoisotopic (exact) mass is 256 g/mol. The third-order valence-electron chi connectivity index (χ3n) is 3.87. The molecule has 0 radical (unpaired) electrons. The minimum Gasteiger partial charge on any atom is -0.356 e. The molecule has 2 saturated heterocycles. The van der Waals surface area contributed by atoms with Crippen molar-refractivity contribution in [3.8, 4) is 0 Å². The first-order valence-electron chi connectivity index (χ1n) is 6.90. The molecule has 2 N–H and O–H groups in total. The van der Waals surface area contributed by atoms with E-state index in [1.165, 1.54) is 30.8 Å². The molecule has 2 aliphatic rings. The van der Waals surface area contributed by atoms with Crippen LogP contribution in [0.4, 0.5) is 0 Å². The second-order valence-electron chi connectivity index (χ2n) is 5.26. The van der Waals surface area contributed by atoms with Crippen LogP contribution in [0, 0.1) is 11.8 Å². The van der Waals surface area contributed by atoms with Crippen molar-refractivity contribution in [3.05, 3.63) is 0 Å². The summed E-state index contributed by atoms with van der Waals surface area (Å²) >= 11 is 2.04. The predicted molar refractivity (Wildman–Crippen MR) is 73.3 cm³/mol. The zero-order chi connectivity index (χ0) is 11.9. The Labute approximate surface area is 108 Å². The molecule has 0 bridgehead atoms. The molecule has 2 rings (SSSR count). The van der Waals surface area contributed by atoms with Crippen molar-refractivity contribution in [1.29, 1.82) is 0 Å². The molecule has 0 aliphatic carbocycles. The number of rotatable bonds is 5. The summed E-state index contributed by atoms with van der Waals surface area (Å²) in [7, 11) is 0. The van der Waals surface area contributed by atoms with Gasteiger partial charge in [0, 0.05) is 13.0 Å². The van der Waals surface area contributed by atoms with Crippen LogP contribution in [0.1, 0.15) is 32.1 Å². The number of amides is 1. The maximum absolute atomic E-state index is 11.7. The molecule has 0 aromatic rings. The number of hydrogen-bond acceptors (Lipinski definition) is 3.